The van der Waals surface area contributed by atoms with E-state index < -0.39 is 0 Å². The van der Waals surface area contributed by atoms with Crippen LogP contribution in [0.25, 0.3) is 10.4 Å². The first kappa shape index (κ1) is 9.20. The Labute approximate surface area is 90.4 Å². The van der Waals surface area contributed by atoms with E-state index in [2.05, 4.69) is 11.1 Å². The third-order valence-electron chi connectivity index (χ3n) is 1.72. The second-order valence-electron chi connectivity index (χ2n) is 2.70. The Balaban J connectivity index is 2.47. The molecule has 0 bridgehead atoms. The van der Waals surface area contributed by atoms with Crippen molar-refractivity contribution in [3.63, 3.8) is 0 Å². The van der Waals surface area contributed by atoms with Crippen molar-refractivity contribution in [2.75, 3.05) is 0 Å². The second-order valence-corrected chi connectivity index (χ2v) is 4.05. The zero-order valence-electron chi connectivity index (χ0n) is 7.07. The first-order valence-corrected chi connectivity index (χ1v) is 5.15. The summed E-state index contributed by atoms with van der Waals surface area (Å²) >= 11 is 7.35. The van der Waals surface area contributed by atoms with Gasteiger partial charge in [0.15, 0.2) is 0 Å². The maximum absolute atomic E-state index is 8.70. The SMILES string of the molecule is N#Cc1cncc(-c2cc(Cl)cs2)c1. The summed E-state index contributed by atoms with van der Waals surface area (Å²) in [4.78, 5) is 5.01. The highest BCUT2D eigenvalue weighted by molar-refractivity contribution is 7.14. The number of rotatable bonds is 1. The number of thiophene rings is 1. The van der Waals surface area contributed by atoms with Crippen molar-refractivity contribution in [3.05, 3.63) is 40.5 Å². The van der Waals surface area contributed by atoms with Gasteiger partial charge >= 0.3 is 0 Å². The fourth-order valence-electron chi connectivity index (χ4n) is 1.10. The number of nitriles is 1. The van der Waals surface area contributed by atoms with Gasteiger partial charge in [-0.2, -0.15) is 5.26 Å². The van der Waals surface area contributed by atoms with Crippen LogP contribution in [0.5, 0.6) is 0 Å². The van der Waals surface area contributed by atoms with Gasteiger partial charge < -0.3 is 0 Å². The molecule has 14 heavy (non-hydrogen) atoms. The van der Waals surface area contributed by atoms with E-state index in [0.717, 1.165) is 10.4 Å². The summed E-state index contributed by atoms with van der Waals surface area (Å²) in [5, 5.41) is 11.3. The molecule has 0 atom stereocenters. The molecule has 2 nitrogen and oxygen atoms in total. The molecule has 2 aromatic heterocycles. The molecule has 0 N–H and O–H groups in total. The van der Waals surface area contributed by atoms with E-state index in [-0.39, 0.29) is 0 Å². The normalized spacial score (nSPS) is 9.71. The van der Waals surface area contributed by atoms with E-state index >= 15 is 0 Å². The van der Waals surface area contributed by atoms with Crippen molar-refractivity contribution >= 4 is 22.9 Å². The molecule has 0 amide bonds. The molecule has 0 aliphatic heterocycles. The molecule has 0 saturated carbocycles. The van der Waals surface area contributed by atoms with Crippen LogP contribution in [0, 0.1) is 11.3 Å². The Hall–Kier alpha value is -1.37. The zero-order valence-corrected chi connectivity index (χ0v) is 8.64. The number of pyridine rings is 1. The molecule has 2 heterocycles. The topological polar surface area (TPSA) is 36.7 Å². The Morgan fingerprint density at radius 3 is 2.86 bits per heavy atom. The van der Waals surface area contributed by atoms with Crippen LogP contribution >= 0.6 is 22.9 Å². The van der Waals surface area contributed by atoms with Gasteiger partial charge in [-0.1, -0.05) is 11.6 Å². The van der Waals surface area contributed by atoms with Crippen LogP contribution < -0.4 is 0 Å². The van der Waals surface area contributed by atoms with Crippen molar-refractivity contribution in [1.29, 1.82) is 5.26 Å². The number of halogens is 1. The van der Waals surface area contributed by atoms with Crippen LogP contribution in [0.2, 0.25) is 5.02 Å². The first-order chi connectivity index (χ1) is 6.79. The smallest absolute Gasteiger partial charge is 0.101 e. The monoisotopic (exact) mass is 220 g/mol. The minimum Gasteiger partial charge on any atom is -0.263 e. The predicted molar refractivity (Wildman–Crippen MR) is 57.3 cm³/mol. The van der Waals surface area contributed by atoms with Gasteiger partial charge in [-0.15, -0.1) is 11.3 Å². The number of nitrogens with zero attached hydrogens (tertiary/aromatic N) is 2. The van der Waals surface area contributed by atoms with Gasteiger partial charge in [-0.3, -0.25) is 4.98 Å². The molecule has 2 aromatic rings. The molecule has 0 aromatic carbocycles. The molecule has 0 fully saturated rings. The molecule has 0 unspecified atom stereocenters. The lowest BCUT2D eigenvalue weighted by Crippen LogP contribution is -1.79. The molecular formula is C10H5ClN2S. The molecule has 68 valence electrons. The third kappa shape index (κ3) is 1.77. The van der Waals surface area contributed by atoms with E-state index in [1.165, 1.54) is 0 Å². The standard InChI is InChI=1S/C10H5ClN2S/c11-9-2-10(14-6-9)8-1-7(3-12)4-13-5-8/h1-2,4-6H. The lowest BCUT2D eigenvalue weighted by Gasteiger charge is -1.95. The van der Waals surface area contributed by atoms with Gasteiger partial charge in [-0.05, 0) is 12.1 Å². The van der Waals surface area contributed by atoms with Crippen LogP contribution in [0.1, 0.15) is 5.56 Å². The Bertz CT molecular complexity index is 499. The molecule has 0 radical (unpaired) electrons. The molecule has 0 spiro atoms. The Morgan fingerprint density at radius 2 is 2.21 bits per heavy atom. The van der Waals surface area contributed by atoms with Crippen LogP contribution in [-0.2, 0) is 0 Å². The first-order valence-electron chi connectivity index (χ1n) is 3.89. The van der Waals surface area contributed by atoms with Gasteiger partial charge in [0.25, 0.3) is 0 Å². The zero-order chi connectivity index (χ0) is 9.97. The number of hydrogen-bond donors (Lipinski definition) is 0. The summed E-state index contributed by atoms with van der Waals surface area (Å²) in [5.41, 5.74) is 1.49. The largest absolute Gasteiger partial charge is 0.263 e. The van der Waals surface area contributed by atoms with Crippen LogP contribution in [-0.4, -0.2) is 4.98 Å². The van der Waals surface area contributed by atoms with Gasteiger partial charge in [0.05, 0.1) is 10.6 Å². The van der Waals surface area contributed by atoms with E-state index in [0.29, 0.717) is 10.6 Å². The van der Waals surface area contributed by atoms with Gasteiger partial charge in [0, 0.05) is 28.2 Å². The van der Waals surface area contributed by atoms with Crippen molar-refractivity contribution in [2.45, 2.75) is 0 Å². The molecular weight excluding hydrogens is 216 g/mol. The van der Waals surface area contributed by atoms with E-state index in [9.17, 15) is 0 Å². The van der Waals surface area contributed by atoms with Crippen LogP contribution in [0.15, 0.2) is 29.9 Å². The van der Waals surface area contributed by atoms with E-state index in [1.807, 2.05) is 11.4 Å². The maximum Gasteiger partial charge on any atom is 0.101 e. The summed E-state index contributed by atoms with van der Waals surface area (Å²) in [6.07, 6.45) is 3.27. The number of aromatic nitrogens is 1. The van der Waals surface area contributed by atoms with Crippen molar-refractivity contribution in [2.24, 2.45) is 0 Å². The van der Waals surface area contributed by atoms with Crippen LogP contribution in [0.3, 0.4) is 0 Å². The Kier molecular flexibility index (Phi) is 2.49. The highest BCUT2D eigenvalue weighted by atomic mass is 35.5. The summed E-state index contributed by atoms with van der Waals surface area (Å²) < 4.78 is 0. The van der Waals surface area contributed by atoms with Crippen LogP contribution in [0.4, 0.5) is 0 Å². The minimum atomic E-state index is 0.562. The highest BCUT2D eigenvalue weighted by Gasteiger charge is 2.02. The van der Waals surface area contributed by atoms with Crippen molar-refractivity contribution in [1.82, 2.24) is 4.98 Å². The maximum atomic E-state index is 8.70. The molecule has 0 aliphatic carbocycles. The van der Waals surface area contributed by atoms with Gasteiger partial charge in [-0.25, -0.2) is 0 Å². The second kappa shape index (κ2) is 3.79. The van der Waals surface area contributed by atoms with E-state index in [1.54, 1.807) is 29.8 Å². The van der Waals surface area contributed by atoms with Gasteiger partial charge in [0.2, 0.25) is 0 Å². The predicted octanol–water partition coefficient (Wildman–Crippen LogP) is 3.34. The lowest BCUT2D eigenvalue weighted by atomic mass is 10.2. The lowest BCUT2D eigenvalue weighted by molar-refractivity contribution is 1.31. The fraction of sp³-hybridized carbons (Fsp3) is 0. The average molecular weight is 221 g/mol. The van der Waals surface area contributed by atoms with Gasteiger partial charge in [0.1, 0.15) is 6.07 Å². The minimum absolute atomic E-state index is 0.562. The Morgan fingerprint density at radius 1 is 1.36 bits per heavy atom. The van der Waals surface area contributed by atoms with Crippen molar-refractivity contribution in [3.8, 4) is 16.5 Å². The molecule has 0 aliphatic rings. The molecule has 4 heteroatoms. The van der Waals surface area contributed by atoms with E-state index in [4.69, 9.17) is 16.9 Å². The molecule has 2 rings (SSSR count). The summed E-state index contributed by atoms with van der Waals surface area (Å²) in [5.74, 6) is 0. The average Bonchev–Trinajstić information content (AvgIpc) is 2.65. The fourth-order valence-corrected chi connectivity index (χ4v) is 2.16. The number of hydrogen-bond acceptors (Lipinski definition) is 3. The van der Waals surface area contributed by atoms with Crippen molar-refractivity contribution < 1.29 is 0 Å². The quantitative estimate of drug-likeness (QED) is 0.739. The molecule has 0 saturated heterocycles. The third-order valence-corrected chi connectivity index (χ3v) is 3.05. The summed E-state index contributed by atoms with van der Waals surface area (Å²) in [6, 6.07) is 5.72. The highest BCUT2D eigenvalue weighted by Crippen LogP contribution is 2.29. The summed E-state index contributed by atoms with van der Waals surface area (Å²) in [7, 11) is 0. The summed E-state index contributed by atoms with van der Waals surface area (Å²) in [6.45, 7) is 0.